The van der Waals surface area contributed by atoms with Gasteiger partial charge in [-0.05, 0) is 31.0 Å². The van der Waals surface area contributed by atoms with Crippen LogP contribution < -0.4 is 5.32 Å². The lowest BCUT2D eigenvalue weighted by atomic mass is 9.96. The molecule has 0 aliphatic carbocycles. The number of benzene rings is 1. The van der Waals surface area contributed by atoms with Crippen LogP contribution in [0.4, 0.5) is 11.4 Å². The number of hydrogen-bond donors (Lipinski definition) is 1. The van der Waals surface area contributed by atoms with Crippen molar-refractivity contribution in [2.75, 3.05) is 25.5 Å². The fourth-order valence-corrected chi connectivity index (χ4v) is 2.34. The molecule has 0 saturated carbocycles. The molecule has 0 radical (unpaired) electrons. The van der Waals surface area contributed by atoms with E-state index in [1.54, 1.807) is 18.2 Å². The highest BCUT2D eigenvalue weighted by Gasteiger charge is 2.16. The van der Waals surface area contributed by atoms with E-state index in [0.29, 0.717) is 6.54 Å². The molecular formula is C15H25N3O2. The standard InChI is InChI=1S/C15H25N3O2/c1-6-16-14-8-7-13(18(19)20)9-12(14)10-17(5)11-15(2,3)4/h7-9,16H,6,10-11H2,1-5H3. The Morgan fingerprint density at radius 1 is 1.35 bits per heavy atom. The van der Waals surface area contributed by atoms with Crippen molar-refractivity contribution in [3.05, 3.63) is 33.9 Å². The molecule has 1 rings (SSSR count). The molecule has 0 atom stereocenters. The van der Waals surface area contributed by atoms with Crippen LogP contribution in [-0.4, -0.2) is 30.0 Å². The zero-order valence-electron chi connectivity index (χ0n) is 13.1. The Morgan fingerprint density at radius 2 is 2.00 bits per heavy atom. The maximum Gasteiger partial charge on any atom is 0.269 e. The first kappa shape index (κ1) is 16.4. The van der Waals surface area contributed by atoms with Crippen molar-refractivity contribution in [1.82, 2.24) is 4.90 Å². The molecule has 1 aromatic rings. The van der Waals surface area contributed by atoms with Gasteiger partial charge in [-0.2, -0.15) is 0 Å². The van der Waals surface area contributed by atoms with Crippen molar-refractivity contribution in [3.8, 4) is 0 Å². The fraction of sp³-hybridized carbons (Fsp3) is 0.600. The van der Waals surface area contributed by atoms with Gasteiger partial charge in [0.25, 0.3) is 5.69 Å². The summed E-state index contributed by atoms with van der Waals surface area (Å²) in [6.45, 7) is 11.0. The molecule has 0 saturated heterocycles. The largest absolute Gasteiger partial charge is 0.385 e. The van der Waals surface area contributed by atoms with Crippen LogP contribution in [-0.2, 0) is 6.54 Å². The molecule has 0 aliphatic heterocycles. The van der Waals surface area contributed by atoms with Gasteiger partial charge in [0, 0.05) is 37.5 Å². The van der Waals surface area contributed by atoms with Crippen LogP contribution in [0.15, 0.2) is 18.2 Å². The molecule has 5 heteroatoms. The molecule has 20 heavy (non-hydrogen) atoms. The molecule has 1 aromatic carbocycles. The van der Waals surface area contributed by atoms with E-state index in [1.165, 1.54) is 0 Å². The van der Waals surface area contributed by atoms with Gasteiger partial charge in [-0.25, -0.2) is 0 Å². The Hall–Kier alpha value is -1.62. The summed E-state index contributed by atoms with van der Waals surface area (Å²) in [6, 6.07) is 5.00. The number of nitro benzene ring substituents is 1. The summed E-state index contributed by atoms with van der Waals surface area (Å²) in [7, 11) is 2.04. The minimum Gasteiger partial charge on any atom is -0.385 e. The summed E-state index contributed by atoms with van der Waals surface area (Å²) in [5, 5.41) is 14.2. The van der Waals surface area contributed by atoms with Crippen molar-refractivity contribution < 1.29 is 4.92 Å². The van der Waals surface area contributed by atoms with E-state index in [-0.39, 0.29) is 16.0 Å². The monoisotopic (exact) mass is 279 g/mol. The number of rotatable bonds is 6. The lowest BCUT2D eigenvalue weighted by Gasteiger charge is -2.27. The molecule has 0 amide bonds. The van der Waals surface area contributed by atoms with Crippen molar-refractivity contribution in [1.29, 1.82) is 0 Å². The molecule has 0 heterocycles. The summed E-state index contributed by atoms with van der Waals surface area (Å²) in [6.07, 6.45) is 0. The normalized spacial score (nSPS) is 11.7. The average Bonchev–Trinajstić information content (AvgIpc) is 2.28. The first-order chi connectivity index (χ1) is 9.23. The summed E-state index contributed by atoms with van der Waals surface area (Å²) in [5.74, 6) is 0. The number of anilines is 1. The third kappa shape index (κ3) is 5.17. The molecule has 0 unspecified atom stereocenters. The lowest BCUT2D eigenvalue weighted by Crippen LogP contribution is -2.29. The second-order valence-electron chi connectivity index (χ2n) is 6.36. The first-order valence-corrected chi connectivity index (χ1v) is 6.92. The van der Waals surface area contributed by atoms with Crippen LogP contribution in [0.3, 0.4) is 0 Å². The molecule has 0 aliphatic rings. The molecular weight excluding hydrogens is 254 g/mol. The van der Waals surface area contributed by atoms with Crippen molar-refractivity contribution in [2.45, 2.75) is 34.2 Å². The zero-order chi connectivity index (χ0) is 15.3. The van der Waals surface area contributed by atoms with E-state index < -0.39 is 0 Å². The predicted octanol–water partition coefficient (Wildman–Crippen LogP) is 3.50. The second-order valence-corrected chi connectivity index (χ2v) is 6.36. The van der Waals surface area contributed by atoms with Crippen LogP contribution in [0.5, 0.6) is 0 Å². The Morgan fingerprint density at radius 3 is 2.50 bits per heavy atom. The highest BCUT2D eigenvalue weighted by molar-refractivity contribution is 5.56. The Bertz CT molecular complexity index is 467. The number of nitrogens with one attached hydrogen (secondary N) is 1. The minimum absolute atomic E-state index is 0.144. The molecule has 112 valence electrons. The Labute approximate surface area is 121 Å². The summed E-state index contributed by atoms with van der Waals surface area (Å²) < 4.78 is 0. The smallest absolute Gasteiger partial charge is 0.269 e. The summed E-state index contributed by atoms with van der Waals surface area (Å²) in [4.78, 5) is 12.8. The van der Waals surface area contributed by atoms with E-state index >= 15 is 0 Å². The fourth-order valence-electron chi connectivity index (χ4n) is 2.34. The predicted molar refractivity (Wildman–Crippen MR) is 83.0 cm³/mol. The van der Waals surface area contributed by atoms with E-state index in [2.05, 4.69) is 31.0 Å². The van der Waals surface area contributed by atoms with Crippen LogP contribution >= 0.6 is 0 Å². The van der Waals surface area contributed by atoms with Gasteiger partial charge in [-0.3, -0.25) is 10.1 Å². The van der Waals surface area contributed by atoms with Crippen LogP contribution in [0, 0.1) is 15.5 Å². The third-order valence-electron chi connectivity index (χ3n) is 2.85. The summed E-state index contributed by atoms with van der Waals surface area (Å²) >= 11 is 0. The van der Waals surface area contributed by atoms with Gasteiger partial charge < -0.3 is 10.2 Å². The third-order valence-corrected chi connectivity index (χ3v) is 2.85. The number of hydrogen-bond acceptors (Lipinski definition) is 4. The molecule has 5 nitrogen and oxygen atoms in total. The first-order valence-electron chi connectivity index (χ1n) is 6.92. The van der Waals surface area contributed by atoms with Gasteiger partial charge in [0.05, 0.1) is 4.92 Å². The highest BCUT2D eigenvalue weighted by atomic mass is 16.6. The quantitative estimate of drug-likeness (QED) is 0.639. The van der Waals surface area contributed by atoms with E-state index in [0.717, 1.165) is 24.3 Å². The Kier molecular flexibility index (Phi) is 5.51. The van der Waals surface area contributed by atoms with Gasteiger partial charge in [0.15, 0.2) is 0 Å². The molecule has 1 N–H and O–H groups in total. The topological polar surface area (TPSA) is 58.4 Å². The average molecular weight is 279 g/mol. The van der Waals surface area contributed by atoms with Crippen LogP contribution in [0.2, 0.25) is 0 Å². The zero-order valence-corrected chi connectivity index (χ0v) is 13.1. The van der Waals surface area contributed by atoms with Gasteiger partial charge in [-0.15, -0.1) is 0 Å². The maximum absolute atomic E-state index is 10.9. The minimum atomic E-state index is -0.344. The molecule has 0 bridgehead atoms. The van der Waals surface area contributed by atoms with E-state index in [4.69, 9.17) is 0 Å². The van der Waals surface area contributed by atoms with E-state index in [1.807, 2.05) is 14.0 Å². The lowest BCUT2D eigenvalue weighted by molar-refractivity contribution is -0.384. The molecule has 0 spiro atoms. The number of non-ortho nitro benzene ring substituents is 1. The van der Waals surface area contributed by atoms with Crippen LogP contribution in [0.1, 0.15) is 33.3 Å². The Balaban J connectivity index is 2.94. The van der Waals surface area contributed by atoms with Crippen molar-refractivity contribution in [3.63, 3.8) is 0 Å². The van der Waals surface area contributed by atoms with Crippen molar-refractivity contribution >= 4 is 11.4 Å². The number of nitro groups is 1. The van der Waals surface area contributed by atoms with Gasteiger partial charge >= 0.3 is 0 Å². The van der Waals surface area contributed by atoms with Gasteiger partial charge in [-0.1, -0.05) is 20.8 Å². The molecule has 0 fully saturated rings. The van der Waals surface area contributed by atoms with Crippen LogP contribution in [0.25, 0.3) is 0 Å². The number of nitrogens with zero attached hydrogens (tertiary/aromatic N) is 2. The molecule has 0 aromatic heterocycles. The van der Waals surface area contributed by atoms with Crippen molar-refractivity contribution in [2.24, 2.45) is 5.41 Å². The van der Waals surface area contributed by atoms with Gasteiger partial charge in [0.1, 0.15) is 0 Å². The van der Waals surface area contributed by atoms with E-state index in [9.17, 15) is 10.1 Å². The maximum atomic E-state index is 10.9. The highest BCUT2D eigenvalue weighted by Crippen LogP contribution is 2.24. The second kappa shape index (κ2) is 6.70. The summed E-state index contributed by atoms with van der Waals surface area (Å²) in [5.41, 5.74) is 2.28. The SMILES string of the molecule is CCNc1ccc([N+](=O)[O-])cc1CN(C)CC(C)(C)C. The van der Waals surface area contributed by atoms with Gasteiger partial charge in [0.2, 0.25) is 0 Å².